The Bertz CT molecular complexity index is 232. The smallest absolute Gasteiger partial charge is 0.0941 e. The minimum Gasteiger partial charge on any atom is -0.378 e. The van der Waals surface area contributed by atoms with Crippen molar-refractivity contribution in [2.75, 3.05) is 19.8 Å². The molecule has 2 heterocycles. The molecule has 72 valence electrons. The summed E-state index contributed by atoms with van der Waals surface area (Å²) in [5.74, 6) is 0. The monoisotopic (exact) mass is 183 g/mol. The highest BCUT2D eigenvalue weighted by Crippen LogP contribution is 2.36. The van der Waals surface area contributed by atoms with E-state index in [4.69, 9.17) is 15.0 Å². The van der Waals surface area contributed by atoms with Gasteiger partial charge in [0.1, 0.15) is 0 Å². The molecule has 2 atom stereocenters. The van der Waals surface area contributed by atoms with Gasteiger partial charge in [-0.05, 0) is 18.4 Å². The van der Waals surface area contributed by atoms with Crippen LogP contribution < -0.4 is 0 Å². The number of rotatable bonds is 2. The lowest BCUT2D eigenvalue weighted by Gasteiger charge is -2.21. The molecule has 2 aliphatic heterocycles. The molecule has 0 N–H and O–H groups in total. The van der Waals surface area contributed by atoms with Crippen LogP contribution in [0.15, 0.2) is 5.11 Å². The van der Waals surface area contributed by atoms with Crippen LogP contribution in [0, 0.1) is 0 Å². The highest BCUT2D eigenvalue weighted by atomic mass is 16.6. The van der Waals surface area contributed by atoms with E-state index in [1.165, 1.54) is 0 Å². The summed E-state index contributed by atoms with van der Waals surface area (Å²) < 4.78 is 11.1. The molecule has 5 nitrogen and oxygen atoms in total. The van der Waals surface area contributed by atoms with Crippen molar-refractivity contribution in [2.45, 2.75) is 31.0 Å². The molecule has 0 aliphatic carbocycles. The molecule has 0 unspecified atom stereocenters. The van der Waals surface area contributed by atoms with Crippen LogP contribution in [0.5, 0.6) is 0 Å². The van der Waals surface area contributed by atoms with E-state index in [0.29, 0.717) is 13.2 Å². The molecule has 2 fully saturated rings. The van der Waals surface area contributed by atoms with Crippen LogP contribution in [-0.4, -0.2) is 31.5 Å². The lowest BCUT2D eigenvalue weighted by molar-refractivity contribution is -0.0406. The van der Waals surface area contributed by atoms with Gasteiger partial charge in [0, 0.05) is 17.9 Å². The Labute approximate surface area is 76.6 Å². The van der Waals surface area contributed by atoms with Crippen molar-refractivity contribution in [3.05, 3.63) is 10.4 Å². The Morgan fingerprint density at radius 1 is 1.54 bits per heavy atom. The van der Waals surface area contributed by atoms with Gasteiger partial charge in [-0.25, -0.2) is 0 Å². The zero-order valence-electron chi connectivity index (χ0n) is 7.48. The topological polar surface area (TPSA) is 67.2 Å². The second kappa shape index (κ2) is 3.54. The molecule has 0 radical (unpaired) electrons. The third-order valence-electron chi connectivity index (χ3n) is 2.75. The first-order valence-electron chi connectivity index (χ1n) is 4.61. The number of hydrogen-bond acceptors (Lipinski definition) is 3. The molecule has 0 aromatic carbocycles. The first-order chi connectivity index (χ1) is 6.35. The maximum absolute atomic E-state index is 8.16. The molecular weight excluding hydrogens is 170 g/mol. The van der Waals surface area contributed by atoms with E-state index >= 15 is 0 Å². The van der Waals surface area contributed by atoms with E-state index in [9.17, 15) is 0 Å². The van der Waals surface area contributed by atoms with Gasteiger partial charge < -0.3 is 9.47 Å². The molecule has 5 heteroatoms. The fraction of sp³-hybridized carbons (Fsp3) is 1.00. The van der Waals surface area contributed by atoms with Gasteiger partial charge in [-0.2, -0.15) is 0 Å². The predicted molar refractivity (Wildman–Crippen MR) is 46.3 cm³/mol. The maximum Gasteiger partial charge on any atom is 0.0941 e. The summed E-state index contributed by atoms with van der Waals surface area (Å²) in [4.78, 5) is 2.73. The number of hydrogen-bond donors (Lipinski definition) is 0. The summed E-state index contributed by atoms with van der Waals surface area (Å²) in [5.41, 5.74) is 8.12. The Balaban J connectivity index is 1.89. The molecule has 2 rings (SSSR count). The SMILES string of the molecule is [N-]=[N+]=NC[C@H]1CC[C@]2(CCOC2)O1. The standard InChI is InChI=1S/C8H13N3O2/c9-11-10-5-7-1-2-8(13-7)3-4-12-6-8/h7H,1-6H2/t7-,8-/m1/s1. The van der Waals surface area contributed by atoms with E-state index in [1.807, 2.05) is 0 Å². The molecule has 0 saturated carbocycles. The van der Waals surface area contributed by atoms with Crippen LogP contribution in [0.2, 0.25) is 0 Å². The molecule has 0 aromatic rings. The first kappa shape index (κ1) is 8.81. The van der Waals surface area contributed by atoms with Crippen molar-refractivity contribution < 1.29 is 9.47 Å². The summed E-state index contributed by atoms with van der Waals surface area (Å²) in [5, 5.41) is 3.52. The Morgan fingerprint density at radius 2 is 2.46 bits per heavy atom. The molecule has 1 spiro atoms. The van der Waals surface area contributed by atoms with Crippen molar-refractivity contribution in [3.8, 4) is 0 Å². The fourth-order valence-corrected chi connectivity index (χ4v) is 2.03. The molecule has 0 aromatic heterocycles. The van der Waals surface area contributed by atoms with Crippen molar-refractivity contribution >= 4 is 0 Å². The number of nitrogens with zero attached hydrogens (tertiary/aromatic N) is 3. The molecule has 2 aliphatic rings. The van der Waals surface area contributed by atoms with Crippen LogP contribution in [0.3, 0.4) is 0 Å². The van der Waals surface area contributed by atoms with Gasteiger partial charge in [0.15, 0.2) is 0 Å². The van der Waals surface area contributed by atoms with Gasteiger partial charge in [0.25, 0.3) is 0 Å². The summed E-state index contributed by atoms with van der Waals surface area (Å²) in [6.07, 6.45) is 3.12. The van der Waals surface area contributed by atoms with E-state index in [2.05, 4.69) is 10.0 Å². The van der Waals surface area contributed by atoms with Crippen LogP contribution >= 0.6 is 0 Å². The third-order valence-corrected chi connectivity index (χ3v) is 2.75. The largest absolute Gasteiger partial charge is 0.378 e. The average molecular weight is 183 g/mol. The lowest BCUT2D eigenvalue weighted by Crippen LogP contribution is -2.29. The van der Waals surface area contributed by atoms with Crippen LogP contribution in [-0.2, 0) is 9.47 Å². The molecule has 0 bridgehead atoms. The van der Waals surface area contributed by atoms with E-state index < -0.39 is 0 Å². The third kappa shape index (κ3) is 1.77. The zero-order chi connectivity index (χ0) is 9.15. The van der Waals surface area contributed by atoms with Crippen molar-refractivity contribution in [2.24, 2.45) is 5.11 Å². The fourth-order valence-electron chi connectivity index (χ4n) is 2.03. The second-order valence-corrected chi connectivity index (χ2v) is 3.68. The predicted octanol–water partition coefficient (Wildman–Crippen LogP) is 1.63. The van der Waals surface area contributed by atoms with Crippen LogP contribution in [0.1, 0.15) is 19.3 Å². The van der Waals surface area contributed by atoms with Gasteiger partial charge in [-0.1, -0.05) is 5.11 Å². The zero-order valence-corrected chi connectivity index (χ0v) is 7.48. The van der Waals surface area contributed by atoms with Crippen LogP contribution in [0.25, 0.3) is 10.4 Å². The summed E-state index contributed by atoms with van der Waals surface area (Å²) in [6, 6.07) is 0. The van der Waals surface area contributed by atoms with Gasteiger partial charge in [0.05, 0.1) is 24.9 Å². The second-order valence-electron chi connectivity index (χ2n) is 3.68. The Hall–Kier alpha value is -0.770. The minimum absolute atomic E-state index is 0.0460. The minimum atomic E-state index is -0.0460. The van der Waals surface area contributed by atoms with E-state index in [-0.39, 0.29) is 11.7 Å². The summed E-state index contributed by atoms with van der Waals surface area (Å²) in [7, 11) is 0. The highest BCUT2D eigenvalue weighted by Gasteiger charge is 2.42. The maximum atomic E-state index is 8.16. The quantitative estimate of drug-likeness (QED) is 0.371. The highest BCUT2D eigenvalue weighted by molar-refractivity contribution is 4.92. The molecule has 2 saturated heterocycles. The van der Waals surface area contributed by atoms with Crippen molar-refractivity contribution in [1.82, 2.24) is 0 Å². The van der Waals surface area contributed by atoms with Gasteiger partial charge in [0.2, 0.25) is 0 Å². The summed E-state index contributed by atoms with van der Waals surface area (Å²) >= 11 is 0. The van der Waals surface area contributed by atoms with E-state index in [1.54, 1.807) is 0 Å². The molecule has 13 heavy (non-hydrogen) atoms. The van der Waals surface area contributed by atoms with E-state index in [0.717, 1.165) is 25.9 Å². The average Bonchev–Trinajstić information content (AvgIpc) is 2.74. The van der Waals surface area contributed by atoms with Gasteiger partial charge >= 0.3 is 0 Å². The number of ether oxygens (including phenoxy) is 2. The van der Waals surface area contributed by atoms with Gasteiger partial charge in [-0.15, -0.1) is 0 Å². The van der Waals surface area contributed by atoms with Crippen molar-refractivity contribution in [1.29, 1.82) is 0 Å². The first-order valence-corrected chi connectivity index (χ1v) is 4.61. The molecular formula is C8H13N3O2. The summed E-state index contributed by atoms with van der Waals surface area (Å²) in [6.45, 7) is 1.96. The Morgan fingerprint density at radius 3 is 3.15 bits per heavy atom. The lowest BCUT2D eigenvalue weighted by atomic mass is 9.99. The van der Waals surface area contributed by atoms with Crippen molar-refractivity contribution in [3.63, 3.8) is 0 Å². The van der Waals surface area contributed by atoms with Gasteiger partial charge in [-0.3, -0.25) is 0 Å². The number of azide groups is 1. The Kier molecular flexibility index (Phi) is 2.40. The normalized spacial score (nSPS) is 38.0. The molecule has 0 amide bonds. The van der Waals surface area contributed by atoms with Crippen LogP contribution in [0.4, 0.5) is 0 Å².